The van der Waals surface area contributed by atoms with Crippen molar-refractivity contribution >= 4 is 21.6 Å². The van der Waals surface area contributed by atoms with Crippen molar-refractivity contribution in [2.75, 3.05) is 31.6 Å². The van der Waals surface area contributed by atoms with Crippen LogP contribution in [0.25, 0.3) is 0 Å². The molecule has 0 bridgehead atoms. The molecule has 1 aromatic rings. The SMILES string of the molecule is CNCC1CCN(c2ccc(Br)cc2C#N)CC1. The van der Waals surface area contributed by atoms with E-state index >= 15 is 0 Å². The number of hydrogen-bond acceptors (Lipinski definition) is 3. The Morgan fingerprint density at radius 1 is 1.44 bits per heavy atom. The molecule has 0 saturated carbocycles. The Balaban J connectivity index is 2.08. The number of halogens is 1. The lowest BCUT2D eigenvalue weighted by Crippen LogP contribution is -2.37. The van der Waals surface area contributed by atoms with Crippen molar-refractivity contribution in [1.82, 2.24) is 5.32 Å². The molecule has 1 aromatic carbocycles. The number of benzene rings is 1. The summed E-state index contributed by atoms with van der Waals surface area (Å²) in [6, 6.07) is 8.24. The lowest BCUT2D eigenvalue weighted by molar-refractivity contribution is 0.393. The molecular weight excluding hydrogens is 290 g/mol. The van der Waals surface area contributed by atoms with Gasteiger partial charge in [0.25, 0.3) is 0 Å². The van der Waals surface area contributed by atoms with Crippen LogP contribution in [0.1, 0.15) is 18.4 Å². The highest BCUT2D eigenvalue weighted by Crippen LogP contribution is 2.28. The molecule has 1 N–H and O–H groups in total. The maximum Gasteiger partial charge on any atom is 0.101 e. The molecule has 96 valence electrons. The molecule has 1 saturated heterocycles. The van der Waals surface area contributed by atoms with Crippen LogP contribution >= 0.6 is 15.9 Å². The first kappa shape index (κ1) is 13.4. The molecule has 0 spiro atoms. The number of hydrogen-bond donors (Lipinski definition) is 1. The van der Waals surface area contributed by atoms with E-state index in [1.165, 1.54) is 12.8 Å². The van der Waals surface area contributed by atoms with Gasteiger partial charge in [-0.15, -0.1) is 0 Å². The molecule has 0 radical (unpaired) electrons. The highest BCUT2D eigenvalue weighted by Gasteiger charge is 2.20. The molecule has 1 aliphatic rings. The van der Waals surface area contributed by atoms with Gasteiger partial charge in [-0.1, -0.05) is 15.9 Å². The summed E-state index contributed by atoms with van der Waals surface area (Å²) < 4.78 is 0.966. The van der Waals surface area contributed by atoms with Crippen LogP contribution in [-0.4, -0.2) is 26.7 Å². The Morgan fingerprint density at radius 2 is 2.17 bits per heavy atom. The zero-order valence-corrected chi connectivity index (χ0v) is 12.2. The summed E-state index contributed by atoms with van der Waals surface area (Å²) in [6.45, 7) is 3.19. The molecule has 2 rings (SSSR count). The largest absolute Gasteiger partial charge is 0.370 e. The third kappa shape index (κ3) is 3.04. The first-order valence-electron chi connectivity index (χ1n) is 6.33. The summed E-state index contributed by atoms with van der Waals surface area (Å²) in [5.41, 5.74) is 1.83. The highest BCUT2D eigenvalue weighted by atomic mass is 79.9. The van der Waals surface area contributed by atoms with Gasteiger partial charge < -0.3 is 10.2 Å². The monoisotopic (exact) mass is 307 g/mol. The highest BCUT2D eigenvalue weighted by molar-refractivity contribution is 9.10. The average molecular weight is 308 g/mol. The number of piperidine rings is 1. The van der Waals surface area contributed by atoms with E-state index in [9.17, 15) is 5.26 Å². The molecule has 18 heavy (non-hydrogen) atoms. The number of rotatable bonds is 3. The van der Waals surface area contributed by atoms with E-state index in [1.807, 2.05) is 25.2 Å². The number of nitriles is 1. The number of anilines is 1. The molecule has 0 amide bonds. The summed E-state index contributed by atoms with van der Waals surface area (Å²) in [4.78, 5) is 2.33. The Labute approximate surface area is 117 Å². The zero-order valence-electron chi connectivity index (χ0n) is 10.6. The van der Waals surface area contributed by atoms with Gasteiger partial charge >= 0.3 is 0 Å². The topological polar surface area (TPSA) is 39.1 Å². The van der Waals surface area contributed by atoms with Crippen LogP contribution in [0.4, 0.5) is 5.69 Å². The molecule has 4 heteroatoms. The third-order valence-electron chi connectivity index (χ3n) is 3.53. The van der Waals surface area contributed by atoms with Crippen molar-refractivity contribution in [1.29, 1.82) is 5.26 Å². The zero-order chi connectivity index (χ0) is 13.0. The normalized spacial score (nSPS) is 16.6. The smallest absolute Gasteiger partial charge is 0.101 e. The van der Waals surface area contributed by atoms with Crippen LogP contribution in [0.3, 0.4) is 0 Å². The summed E-state index contributed by atoms with van der Waals surface area (Å²) >= 11 is 3.41. The summed E-state index contributed by atoms with van der Waals surface area (Å²) in [5, 5.41) is 12.4. The van der Waals surface area contributed by atoms with E-state index in [-0.39, 0.29) is 0 Å². The molecular formula is C14H18BrN3. The molecule has 1 fully saturated rings. The third-order valence-corrected chi connectivity index (χ3v) is 4.02. The van der Waals surface area contributed by atoms with Crippen molar-refractivity contribution in [3.05, 3.63) is 28.2 Å². The molecule has 1 heterocycles. The van der Waals surface area contributed by atoms with Gasteiger partial charge in [-0.2, -0.15) is 5.26 Å². The van der Waals surface area contributed by atoms with Crippen molar-refractivity contribution in [2.24, 2.45) is 5.92 Å². The Kier molecular flexibility index (Phi) is 4.62. The lowest BCUT2D eigenvalue weighted by Gasteiger charge is -2.34. The predicted molar refractivity (Wildman–Crippen MR) is 77.7 cm³/mol. The second-order valence-electron chi connectivity index (χ2n) is 4.76. The first-order chi connectivity index (χ1) is 8.74. The Bertz CT molecular complexity index is 445. The Morgan fingerprint density at radius 3 is 2.78 bits per heavy atom. The summed E-state index contributed by atoms with van der Waals surface area (Å²) in [6.07, 6.45) is 2.39. The van der Waals surface area contributed by atoms with Crippen molar-refractivity contribution in [3.8, 4) is 6.07 Å². The van der Waals surface area contributed by atoms with Gasteiger partial charge in [-0.3, -0.25) is 0 Å². The van der Waals surface area contributed by atoms with E-state index in [0.717, 1.165) is 41.3 Å². The minimum atomic E-state index is 0.761. The standard InChI is InChI=1S/C14H18BrN3/c1-17-10-11-4-6-18(7-5-11)14-3-2-13(15)8-12(14)9-16/h2-3,8,11,17H,4-7,10H2,1H3. The quantitative estimate of drug-likeness (QED) is 0.933. The van der Waals surface area contributed by atoms with Crippen molar-refractivity contribution in [2.45, 2.75) is 12.8 Å². The number of nitrogens with zero attached hydrogens (tertiary/aromatic N) is 2. The van der Waals surface area contributed by atoms with E-state index in [2.05, 4.69) is 32.2 Å². The van der Waals surface area contributed by atoms with Crippen LogP contribution in [0.2, 0.25) is 0 Å². The fraction of sp³-hybridized carbons (Fsp3) is 0.500. The van der Waals surface area contributed by atoms with Gasteiger partial charge in [-0.05, 0) is 50.6 Å². The van der Waals surface area contributed by atoms with Crippen LogP contribution in [0, 0.1) is 17.2 Å². The number of nitrogens with one attached hydrogen (secondary N) is 1. The predicted octanol–water partition coefficient (Wildman–Crippen LogP) is 2.76. The first-order valence-corrected chi connectivity index (χ1v) is 7.13. The molecule has 0 atom stereocenters. The van der Waals surface area contributed by atoms with Gasteiger partial charge in [-0.25, -0.2) is 0 Å². The van der Waals surface area contributed by atoms with Crippen LogP contribution in [0.15, 0.2) is 22.7 Å². The van der Waals surface area contributed by atoms with Crippen LogP contribution in [-0.2, 0) is 0 Å². The molecule has 1 aliphatic heterocycles. The van der Waals surface area contributed by atoms with Gasteiger partial charge in [0.2, 0.25) is 0 Å². The van der Waals surface area contributed by atoms with Gasteiger partial charge in [0.1, 0.15) is 6.07 Å². The lowest BCUT2D eigenvalue weighted by atomic mass is 9.96. The second-order valence-corrected chi connectivity index (χ2v) is 5.68. The molecule has 0 unspecified atom stereocenters. The fourth-order valence-corrected chi connectivity index (χ4v) is 2.90. The van der Waals surface area contributed by atoms with Crippen LogP contribution in [0.5, 0.6) is 0 Å². The van der Waals surface area contributed by atoms with Gasteiger partial charge in [0.05, 0.1) is 11.3 Å². The fourth-order valence-electron chi connectivity index (χ4n) is 2.54. The summed E-state index contributed by atoms with van der Waals surface area (Å²) in [7, 11) is 2.01. The minimum absolute atomic E-state index is 0.761. The van der Waals surface area contributed by atoms with Gasteiger partial charge in [0, 0.05) is 17.6 Å². The van der Waals surface area contributed by atoms with E-state index in [4.69, 9.17) is 0 Å². The maximum atomic E-state index is 9.20. The van der Waals surface area contributed by atoms with Crippen molar-refractivity contribution in [3.63, 3.8) is 0 Å². The average Bonchev–Trinajstić information content (AvgIpc) is 2.40. The molecule has 0 aliphatic carbocycles. The Hall–Kier alpha value is -1.05. The molecule has 0 aromatic heterocycles. The van der Waals surface area contributed by atoms with Gasteiger partial charge in [0.15, 0.2) is 0 Å². The summed E-state index contributed by atoms with van der Waals surface area (Å²) in [5.74, 6) is 0.771. The minimum Gasteiger partial charge on any atom is -0.370 e. The molecule has 3 nitrogen and oxygen atoms in total. The van der Waals surface area contributed by atoms with E-state index in [0.29, 0.717) is 0 Å². The second kappa shape index (κ2) is 6.21. The maximum absolute atomic E-state index is 9.20. The van der Waals surface area contributed by atoms with Crippen LogP contribution < -0.4 is 10.2 Å². The van der Waals surface area contributed by atoms with Crippen molar-refractivity contribution < 1.29 is 0 Å². The van der Waals surface area contributed by atoms with E-state index < -0.39 is 0 Å². The van der Waals surface area contributed by atoms with E-state index in [1.54, 1.807) is 0 Å².